The van der Waals surface area contributed by atoms with E-state index in [-0.39, 0.29) is 11.6 Å². The van der Waals surface area contributed by atoms with Crippen molar-refractivity contribution in [2.75, 3.05) is 5.32 Å². The summed E-state index contributed by atoms with van der Waals surface area (Å²) in [5.74, 6) is 0.173. The van der Waals surface area contributed by atoms with Gasteiger partial charge in [-0.2, -0.15) is 0 Å². The summed E-state index contributed by atoms with van der Waals surface area (Å²) in [5, 5.41) is 8.89. The van der Waals surface area contributed by atoms with Crippen LogP contribution in [0.15, 0.2) is 70.7 Å². The van der Waals surface area contributed by atoms with Crippen molar-refractivity contribution >= 4 is 22.4 Å². The van der Waals surface area contributed by atoms with Gasteiger partial charge in [0, 0.05) is 23.2 Å². The number of amides is 1. The van der Waals surface area contributed by atoms with Crippen LogP contribution in [0, 0.1) is 0 Å². The molecule has 6 nitrogen and oxygen atoms in total. The normalized spacial score (nSPS) is 10.6. The molecule has 4 rings (SSSR count). The molecular formula is C18H12N4O2S. The molecule has 4 aromatic rings. The fourth-order valence-electron chi connectivity index (χ4n) is 2.24. The molecule has 3 heterocycles. The molecule has 0 unspecified atom stereocenters. The zero-order valence-corrected chi connectivity index (χ0v) is 13.7. The molecule has 0 fully saturated rings. The second-order valence-corrected chi connectivity index (χ2v) is 6.01. The maximum Gasteiger partial charge on any atom is 0.279 e. The Kier molecular flexibility index (Phi) is 4.05. The molecule has 1 aromatic carbocycles. The highest BCUT2D eigenvalue weighted by molar-refractivity contribution is 7.14. The Labute approximate surface area is 147 Å². The van der Waals surface area contributed by atoms with Gasteiger partial charge in [0.1, 0.15) is 5.69 Å². The van der Waals surface area contributed by atoms with E-state index >= 15 is 0 Å². The molecule has 0 spiro atoms. The number of anilines is 1. The Morgan fingerprint density at radius 3 is 2.68 bits per heavy atom. The van der Waals surface area contributed by atoms with Crippen molar-refractivity contribution in [1.29, 1.82) is 0 Å². The number of hydrogen-bond donors (Lipinski definition) is 1. The van der Waals surface area contributed by atoms with Gasteiger partial charge in [0.25, 0.3) is 5.91 Å². The molecular weight excluding hydrogens is 336 g/mol. The smallest absolute Gasteiger partial charge is 0.279 e. The maximum absolute atomic E-state index is 12.3. The van der Waals surface area contributed by atoms with Gasteiger partial charge in [0.15, 0.2) is 16.6 Å². The third-order valence-corrected chi connectivity index (χ3v) is 4.21. The Bertz CT molecular complexity index is 996. The average Bonchev–Trinajstić information content (AvgIpc) is 3.33. The van der Waals surface area contributed by atoms with Crippen LogP contribution in [0.3, 0.4) is 0 Å². The number of nitrogens with one attached hydrogen (secondary N) is 1. The summed E-state index contributed by atoms with van der Waals surface area (Å²) < 4.78 is 5.25. The lowest BCUT2D eigenvalue weighted by Crippen LogP contribution is -2.11. The predicted octanol–water partition coefficient (Wildman–Crippen LogP) is 4.11. The van der Waals surface area contributed by atoms with Crippen LogP contribution in [-0.4, -0.2) is 21.0 Å². The van der Waals surface area contributed by atoms with E-state index < -0.39 is 0 Å². The summed E-state index contributed by atoms with van der Waals surface area (Å²) in [6, 6.07) is 16.7. The quantitative estimate of drug-likeness (QED) is 0.600. The van der Waals surface area contributed by atoms with Crippen molar-refractivity contribution in [3.05, 3.63) is 71.9 Å². The number of carbonyl (C=O) groups excluding carboxylic acids is 1. The fraction of sp³-hybridized carbons (Fsp3) is 0. The van der Waals surface area contributed by atoms with E-state index in [2.05, 4.69) is 20.4 Å². The number of pyridine rings is 1. The molecule has 0 saturated carbocycles. The highest BCUT2D eigenvalue weighted by Crippen LogP contribution is 2.24. The van der Waals surface area contributed by atoms with E-state index in [0.29, 0.717) is 16.6 Å². The molecule has 7 heteroatoms. The Hall–Kier alpha value is -3.32. The Morgan fingerprint density at radius 2 is 1.88 bits per heavy atom. The van der Waals surface area contributed by atoms with Crippen LogP contribution in [-0.2, 0) is 0 Å². The van der Waals surface area contributed by atoms with Gasteiger partial charge in [-0.1, -0.05) is 41.6 Å². The Morgan fingerprint density at radius 1 is 1.04 bits per heavy atom. The Balaban J connectivity index is 1.50. The van der Waals surface area contributed by atoms with Crippen LogP contribution in [0.25, 0.3) is 22.7 Å². The second-order valence-electron chi connectivity index (χ2n) is 5.15. The van der Waals surface area contributed by atoms with Gasteiger partial charge < -0.3 is 4.52 Å². The minimum atomic E-state index is -0.368. The van der Waals surface area contributed by atoms with E-state index in [1.54, 1.807) is 12.3 Å². The van der Waals surface area contributed by atoms with Crippen molar-refractivity contribution in [2.45, 2.75) is 0 Å². The third-order valence-electron chi connectivity index (χ3n) is 3.45. The minimum Gasteiger partial charge on any atom is -0.355 e. The van der Waals surface area contributed by atoms with E-state index in [0.717, 1.165) is 11.3 Å². The van der Waals surface area contributed by atoms with Gasteiger partial charge in [-0.25, -0.2) is 4.98 Å². The first kappa shape index (κ1) is 15.2. The molecule has 1 amide bonds. The first-order chi connectivity index (χ1) is 12.3. The lowest BCUT2D eigenvalue weighted by atomic mass is 10.1. The maximum atomic E-state index is 12.3. The van der Waals surface area contributed by atoms with Gasteiger partial charge in [0.05, 0.1) is 5.69 Å². The molecule has 0 radical (unpaired) electrons. The number of benzene rings is 1. The zero-order valence-electron chi connectivity index (χ0n) is 12.9. The van der Waals surface area contributed by atoms with Crippen LogP contribution in [0.4, 0.5) is 5.13 Å². The first-order valence-corrected chi connectivity index (χ1v) is 8.38. The SMILES string of the molecule is O=C(Nc1nc(-c2ccccn2)cs1)c1cc(-c2ccccc2)on1. The fourth-order valence-corrected chi connectivity index (χ4v) is 2.94. The zero-order chi connectivity index (χ0) is 17.1. The first-order valence-electron chi connectivity index (χ1n) is 7.50. The van der Waals surface area contributed by atoms with Gasteiger partial charge in [-0.05, 0) is 12.1 Å². The molecule has 3 aromatic heterocycles. The molecule has 0 aliphatic rings. The van der Waals surface area contributed by atoms with Gasteiger partial charge >= 0.3 is 0 Å². The summed E-state index contributed by atoms with van der Waals surface area (Å²) in [4.78, 5) is 20.9. The summed E-state index contributed by atoms with van der Waals surface area (Å²) in [7, 11) is 0. The predicted molar refractivity (Wildman–Crippen MR) is 95.2 cm³/mol. The van der Waals surface area contributed by atoms with Crippen LogP contribution >= 0.6 is 11.3 Å². The van der Waals surface area contributed by atoms with E-state index in [9.17, 15) is 4.79 Å². The van der Waals surface area contributed by atoms with Crippen molar-refractivity contribution in [3.63, 3.8) is 0 Å². The molecule has 25 heavy (non-hydrogen) atoms. The van der Waals surface area contributed by atoms with Crippen molar-refractivity contribution in [3.8, 4) is 22.7 Å². The lowest BCUT2D eigenvalue weighted by Gasteiger charge is -1.97. The number of thiazole rings is 1. The summed E-state index contributed by atoms with van der Waals surface area (Å²) >= 11 is 1.33. The second kappa shape index (κ2) is 6.66. The van der Waals surface area contributed by atoms with Gasteiger partial charge in [-0.3, -0.25) is 15.1 Å². The highest BCUT2D eigenvalue weighted by Gasteiger charge is 2.15. The molecule has 0 saturated heterocycles. The van der Waals surface area contributed by atoms with Crippen molar-refractivity contribution < 1.29 is 9.32 Å². The van der Waals surface area contributed by atoms with Gasteiger partial charge in [-0.15, -0.1) is 11.3 Å². The summed E-state index contributed by atoms with van der Waals surface area (Å²) in [6.07, 6.45) is 1.70. The topological polar surface area (TPSA) is 80.9 Å². The monoisotopic (exact) mass is 348 g/mol. The number of aromatic nitrogens is 3. The molecule has 0 aliphatic carbocycles. The van der Waals surface area contributed by atoms with Gasteiger partial charge in [0.2, 0.25) is 0 Å². The third kappa shape index (κ3) is 3.31. The summed E-state index contributed by atoms with van der Waals surface area (Å²) in [5.41, 5.74) is 2.53. The summed E-state index contributed by atoms with van der Waals surface area (Å²) in [6.45, 7) is 0. The molecule has 0 atom stereocenters. The van der Waals surface area contributed by atoms with E-state index in [4.69, 9.17) is 4.52 Å². The van der Waals surface area contributed by atoms with Crippen LogP contribution in [0.2, 0.25) is 0 Å². The number of hydrogen-bond acceptors (Lipinski definition) is 6. The number of rotatable bonds is 4. The van der Waals surface area contributed by atoms with E-state index in [1.807, 2.05) is 53.9 Å². The number of nitrogens with zero attached hydrogens (tertiary/aromatic N) is 3. The van der Waals surface area contributed by atoms with Crippen molar-refractivity contribution in [1.82, 2.24) is 15.1 Å². The molecule has 122 valence electrons. The van der Waals surface area contributed by atoms with Crippen LogP contribution in [0.1, 0.15) is 10.5 Å². The molecule has 0 aliphatic heterocycles. The average molecular weight is 348 g/mol. The van der Waals surface area contributed by atoms with Crippen LogP contribution < -0.4 is 5.32 Å². The highest BCUT2D eigenvalue weighted by atomic mass is 32.1. The molecule has 1 N–H and O–H groups in total. The van der Waals surface area contributed by atoms with E-state index in [1.165, 1.54) is 11.3 Å². The standard InChI is InChI=1S/C18H12N4O2S/c23-17(14-10-16(24-22-14)12-6-2-1-3-7-12)21-18-20-15(11-25-18)13-8-4-5-9-19-13/h1-11H,(H,20,21,23). The largest absolute Gasteiger partial charge is 0.355 e. The van der Waals surface area contributed by atoms with Crippen LogP contribution in [0.5, 0.6) is 0 Å². The minimum absolute atomic E-state index is 0.202. The molecule has 0 bridgehead atoms. The lowest BCUT2D eigenvalue weighted by molar-refractivity contribution is 0.101. The van der Waals surface area contributed by atoms with Crippen molar-refractivity contribution in [2.24, 2.45) is 0 Å². The number of carbonyl (C=O) groups is 1.